The summed E-state index contributed by atoms with van der Waals surface area (Å²) in [7, 11) is 1.89. The number of aliphatic carboxylic acids is 2. The number of unbranched alkanes of at least 4 members (excludes halogenated alkanes) is 2. The number of nitrogens with one attached hydrogen (secondary N) is 5. The van der Waals surface area contributed by atoms with Gasteiger partial charge in [-0.05, 0) is 87.6 Å². The first-order chi connectivity index (χ1) is 30.2. The zero-order valence-electron chi connectivity index (χ0n) is 38.4. The standard InChI is InChI=1S/C41H69N9O8.C2HF3O2/c1-25(2)23-31(39(57)58)48-37(55)33(41(4,5)6)49-35(53)30(24-27-16-18-28(51)19-17-27)47-36(54)32-15-12-22-50(32)38(56)29(14-11-21-45-40(42)43)46-34(52)26(3)13-9-8-10-20-44-7;3-2(4,5)1(6)7/h16-19,25-26,29-33,44,51H,8-15,20-24H2,1-7H3,(H,46,52)(H,47,54)(H,48,55)(H,49,53)(H,57,58)(H4,42,43,45);(H,6,7)/t26-,29-,30-,31-,32-,33+;/m0./s1. The van der Waals surface area contributed by atoms with Gasteiger partial charge in [-0.3, -0.25) is 29.0 Å². The molecule has 0 saturated carbocycles. The van der Waals surface area contributed by atoms with Crippen molar-refractivity contribution in [1.29, 1.82) is 0 Å². The maximum Gasteiger partial charge on any atom is 0.490 e. The van der Waals surface area contributed by atoms with Gasteiger partial charge >= 0.3 is 18.1 Å². The van der Waals surface area contributed by atoms with Crippen molar-refractivity contribution < 1.29 is 62.1 Å². The highest BCUT2D eigenvalue weighted by atomic mass is 19.4. The van der Waals surface area contributed by atoms with Crippen LogP contribution in [0.1, 0.15) is 105 Å². The molecule has 0 aromatic heterocycles. The summed E-state index contributed by atoms with van der Waals surface area (Å²) in [4.78, 5) is 95.7. The Kier molecular flexibility index (Phi) is 24.4. The lowest BCUT2D eigenvalue weighted by Gasteiger charge is -2.33. The number of phenolic OH excluding ortho intramolecular Hbond substituents is 1. The van der Waals surface area contributed by atoms with E-state index in [4.69, 9.17) is 21.4 Å². The molecule has 22 heteroatoms. The van der Waals surface area contributed by atoms with E-state index in [0.717, 1.165) is 25.8 Å². The third-order valence-corrected chi connectivity index (χ3v) is 10.4. The topological polar surface area (TPSA) is 308 Å². The summed E-state index contributed by atoms with van der Waals surface area (Å²) < 4.78 is 31.7. The molecule has 0 spiro atoms. The first-order valence-electron chi connectivity index (χ1n) is 21.7. The molecule has 2 rings (SSSR count). The third-order valence-electron chi connectivity index (χ3n) is 10.4. The third kappa shape index (κ3) is 21.7. The van der Waals surface area contributed by atoms with Crippen LogP contribution in [0.15, 0.2) is 29.3 Å². The smallest absolute Gasteiger partial charge is 0.490 e. The molecule has 0 bridgehead atoms. The minimum Gasteiger partial charge on any atom is -0.508 e. The summed E-state index contributed by atoms with van der Waals surface area (Å²) in [6, 6.07) is 0.591. The van der Waals surface area contributed by atoms with Crippen molar-refractivity contribution in [3.8, 4) is 5.75 Å². The number of carboxylic acids is 2. The zero-order chi connectivity index (χ0) is 49.7. The number of likely N-dealkylation sites (tertiary alicyclic amines) is 1. The Morgan fingerprint density at radius 3 is 1.94 bits per heavy atom. The van der Waals surface area contributed by atoms with Crippen LogP contribution in [0.4, 0.5) is 13.2 Å². The van der Waals surface area contributed by atoms with E-state index >= 15 is 0 Å². The molecular weight excluding hydrogens is 860 g/mol. The van der Waals surface area contributed by atoms with Crippen LogP contribution in [0.25, 0.3) is 0 Å². The first kappa shape index (κ1) is 57.3. The van der Waals surface area contributed by atoms with Gasteiger partial charge in [0.2, 0.25) is 29.5 Å². The van der Waals surface area contributed by atoms with E-state index in [0.29, 0.717) is 31.2 Å². The second-order valence-corrected chi connectivity index (χ2v) is 17.6. The number of phenols is 1. The summed E-state index contributed by atoms with van der Waals surface area (Å²) in [5.74, 6) is -7.10. The van der Waals surface area contributed by atoms with Gasteiger partial charge in [0, 0.05) is 25.4 Å². The Balaban J connectivity index is 0.00000277. The number of nitrogens with zero attached hydrogens (tertiary/aromatic N) is 2. The second-order valence-electron chi connectivity index (χ2n) is 17.6. The minimum absolute atomic E-state index is 0.00612. The molecule has 6 atom stereocenters. The number of nitrogens with two attached hydrogens (primary N) is 2. The van der Waals surface area contributed by atoms with Crippen molar-refractivity contribution >= 4 is 47.4 Å². The Hall–Kier alpha value is -5.67. The van der Waals surface area contributed by atoms with Crippen LogP contribution in [0.5, 0.6) is 5.75 Å². The minimum atomic E-state index is -5.08. The molecule has 1 fully saturated rings. The molecule has 1 aromatic carbocycles. The number of carbonyl (C=O) groups excluding carboxylic acids is 5. The van der Waals surface area contributed by atoms with Gasteiger partial charge in [-0.25, -0.2) is 9.59 Å². The predicted molar refractivity (Wildman–Crippen MR) is 236 cm³/mol. The van der Waals surface area contributed by atoms with E-state index in [1.165, 1.54) is 17.0 Å². The van der Waals surface area contributed by atoms with Gasteiger partial charge in [-0.1, -0.05) is 66.5 Å². The van der Waals surface area contributed by atoms with Crippen molar-refractivity contribution in [2.24, 2.45) is 33.7 Å². The van der Waals surface area contributed by atoms with Gasteiger partial charge in [0.05, 0.1) is 0 Å². The monoisotopic (exact) mass is 930 g/mol. The number of rotatable bonds is 24. The van der Waals surface area contributed by atoms with E-state index in [1.54, 1.807) is 32.9 Å². The normalized spacial score (nSPS) is 16.1. The summed E-state index contributed by atoms with van der Waals surface area (Å²) in [6.07, 6.45) is -0.0470. The lowest BCUT2D eigenvalue weighted by molar-refractivity contribution is -0.192. The molecule has 65 heavy (non-hydrogen) atoms. The Labute approximate surface area is 378 Å². The number of aromatic hydroxyl groups is 1. The van der Waals surface area contributed by atoms with Crippen LogP contribution in [0.3, 0.4) is 0 Å². The maximum atomic E-state index is 14.2. The first-order valence-corrected chi connectivity index (χ1v) is 21.7. The molecule has 1 aliphatic heterocycles. The van der Waals surface area contributed by atoms with Gasteiger partial charge in [-0.2, -0.15) is 13.2 Å². The number of alkyl halides is 3. The Morgan fingerprint density at radius 2 is 1.42 bits per heavy atom. The van der Waals surface area contributed by atoms with Crippen molar-refractivity contribution in [3.05, 3.63) is 29.8 Å². The quantitative estimate of drug-likeness (QED) is 0.0404. The number of carbonyl (C=O) groups is 7. The zero-order valence-corrected chi connectivity index (χ0v) is 38.4. The molecule has 1 heterocycles. The summed E-state index contributed by atoms with van der Waals surface area (Å²) in [6.45, 7) is 12.1. The number of hydrogen-bond donors (Lipinski definition) is 10. The summed E-state index contributed by atoms with van der Waals surface area (Å²) in [5, 5.41) is 40.9. The molecule has 1 aliphatic rings. The van der Waals surface area contributed by atoms with Crippen molar-refractivity contribution in [3.63, 3.8) is 0 Å². The lowest BCUT2D eigenvalue weighted by Crippen LogP contribution is -2.61. The molecule has 0 radical (unpaired) electrons. The van der Waals surface area contributed by atoms with Crippen LogP contribution >= 0.6 is 0 Å². The fourth-order valence-electron chi connectivity index (χ4n) is 6.85. The van der Waals surface area contributed by atoms with Gasteiger partial charge in [0.1, 0.15) is 36.0 Å². The number of hydrogen-bond acceptors (Lipinski definition) is 10. The fourth-order valence-corrected chi connectivity index (χ4v) is 6.85. The van der Waals surface area contributed by atoms with Crippen molar-refractivity contribution in [1.82, 2.24) is 31.5 Å². The number of aliphatic imine (C=N–C) groups is 1. The van der Waals surface area contributed by atoms with E-state index in [9.17, 15) is 52.2 Å². The highest BCUT2D eigenvalue weighted by Gasteiger charge is 2.41. The number of carboxylic acid groups (broad SMARTS) is 2. The van der Waals surface area contributed by atoms with Gasteiger partial charge in [0.15, 0.2) is 5.96 Å². The van der Waals surface area contributed by atoms with Gasteiger partial charge in [-0.15, -0.1) is 0 Å². The molecule has 0 aliphatic carbocycles. The molecule has 19 nitrogen and oxygen atoms in total. The number of amides is 5. The molecule has 368 valence electrons. The summed E-state index contributed by atoms with van der Waals surface area (Å²) >= 11 is 0. The lowest BCUT2D eigenvalue weighted by atomic mass is 9.85. The van der Waals surface area contributed by atoms with Gasteiger partial charge < -0.3 is 58.3 Å². The molecule has 5 amide bonds. The van der Waals surface area contributed by atoms with Crippen LogP contribution in [-0.2, 0) is 40.0 Å². The van der Waals surface area contributed by atoms with E-state index < -0.39 is 77.4 Å². The average Bonchev–Trinajstić information content (AvgIpc) is 3.70. The highest BCUT2D eigenvalue weighted by molar-refractivity contribution is 5.96. The van der Waals surface area contributed by atoms with Crippen LogP contribution < -0.4 is 38.1 Å². The van der Waals surface area contributed by atoms with Crippen LogP contribution in [-0.4, -0.2) is 131 Å². The second kappa shape index (κ2) is 27.6. The summed E-state index contributed by atoms with van der Waals surface area (Å²) in [5.41, 5.74) is 10.7. The molecule has 1 saturated heterocycles. The average molecular weight is 930 g/mol. The van der Waals surface area contributed by atoms with E-state index in [-0.39, 0.29) is 61.8 Å². The Morgan fingerprint density at radius 1 is 0.815 bits per heavy atom. The SMILES string of the molecule is CNCCCCC[C@H](C)C(=O)N[C@@H](CCCN=C(N)N)C(=O)N1CCC[C@H]1C(=O)N[C@@H](Cc1ccc(O)cc1)C(=O)N[C@H](C(=O)N[C@@H](CC(C)C)C(=O)O)C(C)(C)C.O=C(O)C(F)(F)F. The maximum absolute atomic E-state index is 14.2. The van der Waals surface area contributed by atoms with E-state index in [1.807, 2.05) is 27.8 Å². The highest BCUT2D eigenvalue weighted by Crippen LogP contribution is 2.23. The fraction of sp³-hybridized carbons (Fsp3) is 0.674. The van der Waals surface area contributed by atoms with Gasteiger partial charge in [0.25, 0.3) is 0 Å². The van der Waals surface area contributed by atoms with Crippen LogP contribution in [0, 0.1) is 17.3 Å². The molecular formula is C43H70F3N9O10. The number of halogens is 3. The molecule has 1 aromatic rings. The van der Waals surface area contributed by atoms with Crippen molar-refractivity contribution in [2.75, 3.05) is 26.7 Å². The molecule has 12 N–H and O–H groups in total. The van der Waals surface area contributed by atoms with Crippen molar-refractivity contribution in [2.45, 2.75) is 142 Å². The largest absolute Gasteiger partial charge is 0.508 e. The number of benzene rings is 1. The Bertz CT molecular complexity index is 1750. The van der Waals surface area contributed by atoms with Crippen LogP contribution in [0.2, 0.25) is 0 Å². The predicted octanol–water partition coefficient (Wildman–Crippen LogP) is 2.14. The van der Waals surface area contributed by atoms with E-state index in [2.05, 4.69) is 31.6 Å². The molecule has 0 unspecified atom stereocenters. The number of guanidine groups is 1.